The summed E-state index contributed by atoms with van der Waals surface area (Å²) in [6, 6.07) is 15.9. The molecule has 0 saturated heterocycles. The van der Waals surface area contributed by atoms with Gasteiger partial charge in [0, 0.05) is 49.8 Å². The highest BCUT2D eigenvalue weighted by Gasteiger charge is 2.28. The van der Waals surface area contributed by atoms with Crippen LogP contribution in [0.1, 0.15) is 31.9 Å². The smallest absolute Gasteiger partial charge is 0.420 e. The minimum Gasteiger partial charge on any atom is -0.478 e. The van der Waals surface area contributed by atoms with E-state index in [0.717, 1.165) is 29.9 Å². The van der Waals surface area contributed by atoms with Crippen molar-refractivity contribution in [3.63, 3.8) is 0 Å². The van der Waals surface area contributed by atoms with Gasteiger partial charge in [0.05, 0.1) is 11.9 Å². The molecule has 2 aromatic heterocycles. The molecule has 0 saturated carbocycles. The van der Waals surface area contributed by atoms with Crippen molar-refractivity contribution in [2.45, 2.75) is 65.7 Å². The normalized spacial score (nSPS) is 12.0. The number of aryl methyl sites for hydroxylation is 1. The molecule has 0 bridgehead atoms. The zero-order valence-electron chi connectivity index (χ0n) is 26.9. The van der Waals surface area contributed by atoms with E-state index in [4.69, 9.17) is 19.6 Å². The van der Waals surface area contributed by atoms with Crippen molar-refractivity contribution in [1.82, 2.24) is 19.7 Å². The van der Waals surface area contributed by atoms with Crippen LogP contribution in [0.15, 0.2) is 73.2 Å². The molecule has 45 heavy (non-hydrogen) atoms. The number of carboxylic acids is 1. The number of anilines is 2. The molecule has 0 aliphatic rings. The first-order valence-corrected chi connectivity index (χ1v) is 18.5. The molecular formula is C34H41N5O5Si. The Morgan fingerprint density at radius 3 is 2.42 bits per heavy atom. The number of carboxylic acid groups (broad SMARTS) is 1. The number of hydrogen-bond acceptors (Lipinski definition) is 7. The average Bonchev–Trinajstić information content (AvgIpc) is 3.43. The lowest BCUT2D eigenvalue weighted by molar-refractivity contribution is -0.131. The summed E-state index contributed by atoms with van der Waals surface area (Å²) in [6.07, 6.45) is 7.38. The number of hydrogen-bond donors (Lipinski definition) is 1. The van der Waals surface area contributed by atoms with Gasteiger partial charge in [-0.05, 0) is 69.1 Å². The quantitative estimate of drug-likeness (QED) is 0.102. The number of aliphatic carboxylic acids is 1. The van der Waals surface area contributed by atoms with Crippen LogP contribution in [0.3, 0.4) is 0 Å². The highest BCUT2D eigenvalue weighted by atomic mass is 28.3. The summed E-state index contributed by atoms with van der Waals surface area (Å²) >= 11 is 0. The van der Waals surface area contributed by atoms with E-state index in [2.05, 4.69) is 29.7 Å². The second-order valence-corrected chi connectivity index (χ2v) is 18.6. The second-order valence-electron chi connectivity index (χ2n) is 13.0. The Morgan fingerprint density at radius 1 is 1.02 bits per heavy atom. The molecule has 1 N–H and O–H groups in total. The second kappa shape index (κ2) is 14.0. The number of carbonyl (C=O) groups excluding carboxylic acids is 1. The molecule has 0 aliphatic carbocycles. The third kappa shape index (κ3) is 9.69. The van der Waals surface area contributed by atoms with E-state index in [1.165, 1.54) is 11.0 Å². The lowest BCUT2D eigenvalue weighted by atomic mass is 10.1. The maximum Gasteiger partial charge on any atom is 0.420 e. The Labute approximate surface area is 265 Å². The first-order valence-electron chi connectivity index (χ1n) is 14.8. The van der Waals surface area contributed by atoms with Crippen molar-refractivity contribution in [1.29, 1.82) is 0 Å². The van der Waals surface area contributed by atoms with Gasteiger partial charge in [0.1, 0.15) is 18.1 Å². The highest BCUT2D eigenvalue weighted by Crippen LogP contribution is 2.32. The highest BCUT2D eigenvalue weighted by molar-refractivity contribution is 6.76. The molecule has 10 nitrogen and oxygen atoms in total. The van der Waals surface area contributed by atoms with Gasteiger partial charge in [-0.15, -0.1) is 0 Å². The third-order valence-electron chi connectivity index (χ3n) is 6.61. The topological polar surface area (TPSA) is 120 Å². The van der Waals surface area contributed by atoms with E-state index >= 15 is 0 Å². The Bertz CT molecular complexity index is 1670. The van der Waals surface area contributed by atoms with Gasteiger partial charge >= 0.3 is 12.1 Å². The molecular weight excluding hydrogens is 586 g/mol. The summed E-state index contributed by atoms with van der Waals surface area (Å²) in [4.78, 5) is 35.4. The zero-order valence-corrected chi connectivity index (χ0v) is 27.9. The van der Waals surface area contributed by atoms with Gasteiger partial charge in [0.15, 0.2) is 5.82 Å². The van der Waals surface area contributed by atoms with Crippen molar-refractivity contribution < 1.29 is 24.2 Å². The van der Waals surface area contributed by atoms with E-state index in [9.17, 15) is 9.59 Å². The summed E-state index contributed by atoms with van der Waals surface area (Å²) < 4.78 is 13.4. The summed E-state index contributed by atoms with van der Waals surface area (Å²) in [5.41, 5.74) is 3.72. The maximum absolute atomic E-state index is 13.7. The van der Waals surface area contributed by atoms with Crippen molar-refractivity contribution in [3.05, 3.63) is 84.3 Å². The van der Waals surface area contributed by atoms with Gasteiger partial charge in [0.25, 0.3) is 0 Å². The fraction of sp³-hybridized carbons (Fsp3) is 0.324. The summed E-state index contributed by atoms with van der Waals surface area (Å²) in [6.45, 7) is 15.3. The van der Waals surface area contributed by atoms with Crippen LogP contribution in [0.25, 0.3) is 28.6 Å². The number of benzene rings is 2. The van der Waals surface area contributed by atoms with Gasteiger partial charge in [-0.25, -0.2) is 29.1 Å². The average molecular weight is 628 g/mol. The standard InChI is InChI=1S/C34H41N5O5Si/c1-24-20-35-31(27-10-8-9-25(19-27)11-16-30(40)41)37-32(24)39(33(42)44-34(2,3)4)29-14-12-26(13-15-29)28-21-36-38(22-28)23-43-17-18-45(5,6)7/h8-16,19-22H,17-18,23H2,1-7H3,(H,40,41). The minimum absolute atomic E-state index is 0.372. The zero-order chi connectivity index (χ0) is 32.8. The van der Waals surface area contributed by atoms with Crippen LogP contribution in [0.5, 0.6) is 0 Å². The largest absolute Gasteiger partial charge is 0.478 e. The molecule has 4 rings (SSSR count). The first-order chi connectivity index (χ1) is 21.2. The van der Waals surface area contributed by atoms with Gasteiger partial charge in [-0.3, -0.25) is 0 Å². The van der Waals surface area contributed by atoms with Gasteiger partial charge < -0.3 is 14.6 Å². The van der Waals surface area contributed by atoms with E-state index in [1.54, 1.807) is 35.3 Å². The molecule has 2 aromatic carbocycles. The molecule has 236 valence electrons. The number of nitrogens with zero attached hydrogens (tertiary/aromatic N) is 5. The molecule has 0 spiro atoms. The first kappa shape index (κ1) is 33.3. The SMILES string of the molecule is Cc1cnc(-c2cccc(C=CC(=O)O)c2)nc1N(C(=O)OC(C)(C)C)c1ccc(-c2cnn(COCC[Si](C)(C)C)c2)cc1. The number of ether oxygens (including phenoxy) is 2. The fourth-order valence-electron chi connectivity index (χ4n) is 4.29. The van der Waals surface area contributed by atoms with Crippen LogP contribution >= 0.6 is 0 Å². The van der Waals surface area contributed by atoms with Crippen LogP contribution < -0.4 is 4.90 Å². The molecule has 0 fully saturated rings. The molecule has 4 aromatic rings. The summed E-state index contributed by atoms with van der Waals surface area (Å²) in [5, 5.41) is 13.5. The van der Waals surface area contributed by atoms with E-state index < -0.39 is 25.7 Å². The van der Waals surface area contributed by atoms with Crippen molar-refractivity contribution in [2.24, 2.45) is 0 Å². The van der Waals surface area contributed by atoms with E-state index in [0.29, 0.717) is 40.8 Å². The predicted molar refractivity (Wildman–Crippen MR) is 179 cm³/mol. The number of amides is 1. The van der Waals surface area contributed by atoms with E-state index in [1.807, 2.05) is 64.2 Å². The van der Waals surface area contributed by atoms with Crippen LogP contribution in [-0.2, 0) is 21.0 Å². The number of rotatable bonds is 11. The van der Waals surface area contributed by atoms with Gasteiger partial charge in [0.2, 0.25) is 0 Å². The van der Waals surface area contributed by atoms with Crippen LogP contribution in [-0.4, -0.2) is 57.2 Å². The Morgan fingerprint density at radius 2 is 1.76 bits per heavy atom. The molecule has 0 aliphatic heterocycles. The number of aromatic nitrogens is 4. The molecule has 0 radical (unpaired) electrons. The maximum atomic E-state index is 13.7. The fourth-order valence-corrected chi connectivity index (χ4v) is 5.05. The summed E-state index contributed by atoms with van der Waals surface area (Å²) in [7, 11) is -1.16. The predicted octanol–water partition coefficient (Wildman–Crippen LogP) is 7.80. The Balaban J connectivity index is 1.63. The van der Waals surface area contributed by atoms with Crippen molar-refractivity contribution in [2.75, 3.05) is 11.5 Å². The minimum atomic E-state index is -1.16. The van der Waals surface area contributed by atoms with Crippen LogP contribution in [0.2, 0.25) is 25.7 Å². The third-order valence-corrected chi connectivity index (χ3v) is 8.31. The molecule has 0 atom stereocenters. The Kier molecular flexibility index (Phi) is 10.4. The number of carbonyl (C=O) groups is 2. The molecule has 1 amide bonds. The lowest BCUT2D eigenvalue weighted by Crippen LogP contribution is -2.34. The van der Waals surface area contributed by atoms with Crippen LogP contribution in [0, 0.1) is 6.92 Å². The monoisotopic (exact) mass is 627 g/mol. The van der Waals surface area contributed by atoms with Crippen molar-refractivity contribution in [3.8, 4) is 22.5 Å². The molecule has 2 heterocycles. The molecule has 11 heteroatoms. The lowest BCUT2D eigenvalue weighted by Gasteiger charge is -2.28. The molecule has 0 unspecified atom stereocenters. The van der Waals surface area contributed by atoms with Crippen molar-refractivity contribution >= 4 is 37.7 Å². The summed E-state index contributed by atoms with van der Waals surface area (Å²) in [5.74, 6) is -0.286. The van der Waals surface area contributed by atoms with Gasteiger partial charge in [-0.1, -0.05) is 50.0 Å². The van der Waals surface area contributed by atoms with Crippen LogP contribution in [0.4, 0.5) is 16.3 Å². The van der Waals surface area contributed by atoms with Gasteiger partial charge in [-0.2, -0.15) is 5.10 Å². The van der Waals surface area contributed by atoms with E-state index in [-0.39, 0.29) is 0 Å². The Hall–Kier alpha value is -4.61.